The minimum atomic E-state index is 0.291. The van der Waals surface area contributed by atoms with E-state index in [-0.39, 0.29) is 0 Å². The van der Waals surface area contributed by atoms with E-state index in [4.69, 9.17) is 5.10 Å². The van der Waals surface area contributed by atoms with Gasteiger partial charge in [0.25, 0.3) is 5.82 Å². The van der Waals surface area contributed by atoms with E-state index in [0.717, 1.165) is 36.7 Å². The zero-order valence-electron chi connectivity index (χ0n) is 16.2. The molecule has 0 atom stereocenters. The van der Waals surface area contributed by atoms with Crippen molar-refractivity contribution in [2.75, 3.05) is 0 Å². The van der Waals surface area contributed by atoms with Gasteiger partial charge in [0.15, 0.2) is 5.76 Å². The molecule has 0 saturated heterocycles. The fraction of sp³-hybridized carbons (Fsp3) is 0.304. The molecule has 27 heavy (non-hydrogen) atoms. The number of allylic oxidation sites excluding steroid dienone is 1. The number of fused-ring (bicyclic) bond motifs is 1. The van der Waals surface area contributed by atoms with Gasteiger partial charge in [0.2, 0.25) is 0 Å². The second kappa shape index (κ2) is 7.03. The van der Waals surface area contributed by atoms with E-state index in [1.165, 1.54) is 22.3 Å². The Morgan fingerprint density at radius 1 is 1.15 bits per heavy atom. The van der Waals surface area contributed by atoms with Crippen LogP contribution in [-0.4, -0.2) is 14.9 Å². The van der Waals surface area contributed by atoms with Crippen LogP contribution in [0.15, 0.2) is 48.5 Å². The average molecular weight is 360 g/mol. The van der Waals surface area contributed by atoms with Crippen LogP contribution in [0.3, 0.4) is 0 Å². The third kappa shape index (κ3) is 3.27. The van der Waals surface area contributed by atoms with Gasteiger partial charge in [-0.1, -0.05) is 52.7 Å². The summed E-state index contributed by atoms with van der Waals surface area (Å²) in [5.74, 6) is 2.12. The highest BCUT2D eigenvalue weighted by Gasteiger charge is 2.33. The zero-order valence-corrected chi connectivity index (χ0v) is 16.2. The first-order chi connectivity index (χ1) is 13.0. The van der Waals surface area contributed by atoms with Gasteiger partial charge in [-0.2, -0.15) is 0 Å². The maximum atomic E-state index is 11.0. The van der Waals surface area contributed by atoms with Gasteiger partial charge in [0.1, 0.15) is 5.69 Å². The molecular weight excluding hydrogens is 334 g/mol. The number of aliphatic hydroxyl groups excluding tert-OH is 1. The molecule has 0 unspecified atom stereocenters. The number of benzene rings is 2. The van der Waals surface area contributed by atoms with Crippen molar-refractivity contribution in [1.29, 1.82) is 0 Å². The van der Waals surface area contributed by atoms with Gasteiger partial charge >= 0.3 is 5.82 Å². The van der Waals surface area contributed by atoms with Crippen LogP contribution in [-0.2, 0) is 19.4 Å². The van der Waals surface area contributed by atoms with Crippen LogP contribution >= 0.6 is 0 Å². The number of hydrogen-bond acceptors (Lipinski definition) is 2. The number of rotatable bonds is 4. The van der Waals surface area contributed by atoms with Gasteiger partial charge in [-0.3, -0.25) is 0 Å². The molecule has 1 N–H and O–H groups in total. The Kier molecular flexibility index (Phi) is 4.56. The second-order valence-corrected chi connectivity index (χ2v) is 7.43. The quantitative estimate of drug-likeness (QED) is 0.560. The van der Waals surface area contributed by atoms with Crippen LogP contribution in [0, 0.1) is 20.8 Å². The van der Waals surface area contributed by atoms with Crippen LogP contribution in [0.1, 0.15) is 40.3 Å². The van der Waals surface area contributed by atoms with Crippen LogP contribution in [0.2, 0.25) is 0 Å². The molecule has 0 bridgehead atoms. The lowest BCUT2D eigenvalue weighted by atomic mass is 10.1. The summed E-state index contributed by atoms with van der Waals surface area (Å²) in [4.78, 5) is 0. The summed E-state index contributed by atoms with van der Waals surface area (Å²) in [5.41, 5.74) is 5.83. The summed E-state index contributed by atoms with van der Waals surface area (Å²) in [6, 6.07) is 14.6. The Balaban J connectivity index is 1.81. The highest BCUT2D eigenvalue weighted by molar-refractivity contribution is 5.56. The summed E-state index contributed by atoms with van der Waals surface area (Å²) in [6.45, 7) is 7.24. The normalized spacial score (nSPS) is 13.8. The predicted octanol–water partition coefficient (Wildman–Crippen LogP) is 4.17. The van der Waals surface area contributed by atoms with Crippen molar-refractivity contribution in [3.63, 3.8) is 0 Å². The molecule has 2 heterocycles. The number of aryl methyl sites for hydroxylation is 4. The standard InChI is InChI=1S/C23H25N3O/c1-16-14-17(2)22(18(3)15-16)26-23(25-13-7-10-21(25)24-26)20(27)12-11-19-8-5-4-6-9-19/h4-6,8-9,12,14-15H,7,10-11,13H2,1-3H3/p+1/b20-12-. The van der Waals surface area contributed by atoms with E-state index in [0.29, 0.717) is 12.2 Å². The fourth-order valence-corrected chi connectivity index (χ4v) is 4.10. The van der Waals surface area contributed by atoms with Gasteiger partial charge in [-0.05, 0) is 56.4 Å². The first kappa shape index (κ1) is 17.5. The number of aliphatic hydroxyl groups is 1. The molecule has 0 amide bonds. The number of aromatic nitrogens is 3. The van der Waals surface area contributed by atoms with E-state index in [2.05, 4.69) is 49.6 Å². The smallest absolute Gasteiger partial charge is 0.308 e. The van der Waals surface area contributed by atoms with Crippen molar-refractivity contribution in [1.82, 2.24) is 9.78 Å². The molecule has 4 nitrogen and oxygen atoms in total. The van der Waals surface area contributed by atoms with Crippen molar-refractivity contribution < 1.29 is 9.67 Å². The highest BCUT2D eigenvalue weighted by atomic mass is 16.3. The predicted molar refractivity (Wildman–Crippen MR) is 107 cm³/mol. The maximum Gasteiger partial charge on any atom is 0.308 e. The molecule has 0 saturated carbocycles. The Morgan fingerprint density at radius 2 is 1.85 bits per heavy atom. The first-order valence-corrected chi connectivity index (χ1v) is 9.58. The van der Waals surface area contributed by atoms with Crippen molar-refractivity contribution in [3.05, 3.63) is 82.4 Å². The van der Waals surface area contributed by atoms with E-state index < -0.39 is 0 Å². The lowest BCUT2D eigenvalue weighted by Crippen LogP contribution is -2.36. The maximum absolute atomic E-state index is 11.0. The van der Waals surface area contributed by atoms with Crippen molar-refractivity contribution in [2.24, 2.45) is 0 Å². The summed E-state index contributed by atoms with van der Waals surface area (Å²) in [7, 11) is 0. The zero-order chi connectivity index (χ0) is 19.0. The second-order valence-electron chi connectivity index (χ2n) is 7.43. The highest BCUT2D eigenvalue weighted by Crippen LogP contribution is 2.25. The Morgan fingerprint density at radius 3 is 2.56 bits per heavy atom. The van der Waals surface area contributed by atoms with E-state index in [9.17, 15) is 5.11 Å². The van der Waals surface area contributed by atoms with Crippen LogP contribution in [0.25, 0.3) is 11.4 Å². The average Bonchev–Trinajstić information content (AvgIpc) is 3.21. The summed E-state index contributed by atoms with van der Waals surface area (Å²) < 4.78 is 4.10. The molecule has 3 aromatic rings. The molecule has 4 heteroatoms. The van der Waals surface area contributed by atoms with Crippen molar-refractivity contribution >= 4 is 5.76 Å². The minimum absolute atomic E-state index is 0.291. The van der Waals surface area contributed by atoms with Crippen molar-refractivity contribution in [3.8, 4) is 5.69 Å². The molecule has 0 spiro atoms. The molecule has 0 fully saturated rings. The molecule has 1 aromatic heterocycles. The first-order valence-electron chi connectivity index (χ1n) is 9.58. The minimum Gasteiger partial charge on any atom is -0.502 e. The molecule has 1 aliphatic rings. The molecule has 138 valence electrons. The topological polar surface area (TPSA) is 41.9 Å². The number of nitrogens with zero attached hydrogens (tertiary/aromatic N) is 3. The molecule has 4 rings (SSSR count). The van der Waals surface area contributed by atoms with Gasteiger partial charge in [0.05, 0.1) is 6.54 Å². The lowest BCUT2D eigenvalue weighted by Gasteiger charge is -2.09. The van der Waals surface area contributed by atoms with Crippen molar-refractivity contribution in [2.45, 2.75) is 46.6 Å². The summed E-state index contributed by atoms with van der Waals surface area (Å²) in [5, 5.41) is 15.9. The van der Waals surface area contributed by atoms with E-state index in [1.807, 2.05) is 29.0 Å². The molecule has 0 radical (unpaired) electrons. The van der Waals surface area contributed by atoms with E-state index >= 15 is 0 Å². The Hall–Kier alpha value is -2.88. The number of hydrogen-bond donors (Lipinski definition) is 1. The third-order valence-electron chi connectivity index (χ3n) is 5.22. The van der Waals surface area contributed by atoms with Gasteiger partial charge in [-0.15, -0.1) is 0 Å². The Labute approximate surface area is 160 Å². The van der Waals surface area contributed by atoms with Gasteiger partial charge in [-0.25, -0.2) is 4.57 Å². The van der Waals surface area contributed by atoms with Crippen LogP contribution < -0.4 is 4.57 Å². The largest absolute Gasteiger partial charge is 0.502 e. The monoisotopic (exact) mass is 360 g/mol. The lowest BCUT2D eigenvalue weighted by molar-refractivity contribution is -0.694. The fourth-order valence-electron chi connectivity index (χ4n) is 4.10. The summed E-state index contributed by atoms with van der Waals surface area (Å²) >= 11 is 0. The Bertz CT molecular complexity index is 993. The van der Waals surface area contributed by atoms with Crippen LogP contribution in [0.4, 0.5) is 0 Å². The summed E-state index contributed by atoms with van der Waals surface area (Å²) in [6.07, 6.45) is 4.62. The SMILES string of the molecule is Cc1cc(C)c(-n2nc3[n+](c2/C(O)=C/Cc2ccccc2)CCC3)c(C)c1. The van der Waals surface area contributed by atoms with Crippen LogP contribution in [0.5, 0.6) is 0 Å². The van der Waals surface area contributed by atoms with Gasteiger partial charge in [0, 0.05) is 11.5 Å². The van der Waals surface area contributed by atoms with Gasteiger partial charge < -0.3 is 5.11 Å². The molecule has 0 aliphatic carbocycles. The van der Waals surface area contributed by atoms with E-state index in [1.54, 1.807) is 0 Å². The molecular formula is C23H26N3O+. The molecule has 2 aromatic carbocycles. The third-order valence-corrected chi connectivity index (χ3v) is 5.22. The molecule has 1 aliphatic heterocycles.